The number of hydrogen-bond donors (Lipinski definition) is 1. The third-order valence-electron chi connectivity index (χ3n) is 4.87. The number of halogens is 1. The standard InChI is InChI=1S/C23H23FN4O3S/c1-2-13-31-22(30)15-7-9-16(10-8-15)25-20(29)14-32-23-27-26-21(28(23)17-11-12-17)18-5-3-4-6-19(18)24/h3-10,17H,2,11-14H2,1H3,(H,25,29). The number of carbonyl (C=O) groups excluding carboxylic acids is 2. The zero-order chi connectivity index (χ0) is 22.5. The lowest BCUT2D eigenvalue weighted by Crippen LogP contribution is -2.15. The molecule has 0 atom stereocenters. The monoisotopic (exact) mass is 454 g/mol. The number of nitrogens with zero attached hydrogens (tertiary/aromatic N) is 3. The van der Waals surface area contributed by atoms with Crippen molar-refractivity contribution in [1.82, 2.24) is 14.8 Å². The van der Waals surface area contributed by atoms with Gasteiger partial charge in [-0.25, -0.2) is 9.18 Å². The van der Waals surface area contributed by atoms with Gasteiger partial charge in [-0.2, -0.15) is 0 Å². The molecule has 166 valence electrons. The second-order valence-electron chi connectivity index (χ2n) is 7.44. The van der Waals surface area contributed by atoms with Crippen molar-refractivity contribution >= 4 is 29.3 Å². The molecule has 1 N–H and O–H groups in total. The molecule has 1 aromatic heterocycles. The Hall–Kier alpha value is -3.20. The minimum atomic E-state index is -0.384. The highest BCUT2D eigenvalue weighted by molar-refractivity contribution is 7.99. The first-order valence-electron chi connectivity index (χ1n) is 10.5. The number of hydrogen-bond acceptors (Lipinski definition) is 6. The number of aromatic nitrogens is 3. The van der Waals surface area contributed by atoms with E-state index in [9.17, 15) is 14.0 Å². The van der Waals surface area contributed by atoms with Gasteiger partial charge >= 0.3 is 5.97 Å². The molecule has 0 saturated heterocycles. The quantitative estimate of drug-likeness (QED) is 0.372. The Bertz CT molecular complexity index is 1110. The van der Waals surface area contributed by atoms with Gasteiger partial charge in [-0.3, -0.25) is 9.36 Å². The van der Waals surface area contributed by atoms with E-state index in [0.717, 1.165) is 19.3 Å². The fraction of sp³-hybridized carbons (Fsp3) is 0.304. The normalized spacial score (nSPS) is 13.1. The smallest absolute Gasteiger partial charge is 0.338 e. The van der Waals surface area contributed by atoms with Crippen LogP contribution in [0, 0.1) is 5.82 Å². The van der Waals surface area contributed by atoms with Crippen molar-refractivity contribution in [3.63, 3.8) is 0 Å². The summed E-state index contributed by atoms with van der Waals surface area (Å²) in [6.07, 6.45) is 2.71. The predicted molar refractivity (Wildman–Crippen MR) is 120 cm³/mol. The lowest BCUT2D eigenvalue weighted by Gasteiger charge is -2.10. The Morgan fingerprint density at radius 2 is 1.91 bits per heavy atom. The van der Waals surface area contributed by atoms with Crippen molar-refractivity contribution in [3.05, 3.63) is 59.9 Å². The molecule has 1 heterocycles. The summed E-state index contributed by atoms with van der Waals surface area (Å²) in [6, 6.07) is 13.3. The van der Waals surface area contributed by atoms with Crippen LogP contribution in [-0.4, -0.2) is 39.0 Å². The topological polar surface area (TPSA) is 86.1 Å². The van der Waals surface area contributed by atoms with Gasteiger partial charge in [0.05, 0.1) is 23.5 Å². The zero-order valence-electron chi connectivity index (χ0n) is 17.6. The van der Waals surface area contributed by atoms with E-state index in [0.29, 0.717) is 34.4 Å². The van der Waals surface area contributed by atoms with Crippen LogP contribution in [0.2, 0.25) is 0 Å². The van der Waals surface area contributed by atoms with Gasteiger partial charge in [0, 0.05) is 11.7 Å². The van der Waals surface area contributed by atoms with Gasteiger partial charge in [-0.05, 0) is 55.7 Å². The SMILES string of the molecule is CCCOC(=O)c1ccc(NC(=O)CSc2nnc(-c3ccccc3F)n2C2CC2)cc1. The first kappa shape index (κ1) is 22.0. The number of benzene rings is 2. The van der Waals surface area contributed by atoms with Crippen molar-refractivity contribution in [2.24, 2.45) is 0 Å². The first-order chi connectivity index (χ1) is 15.6. The lowest BCUT2D eigenvalue weighted by atomic mass is 10.2. The molecule has 7 nitrogen and oxygen atoms in total. The number of carbonyl (C=O) groups is 2. The molecule has 0 spiro atoms. The van der Waals surface area contributed by atoms with Crippen molar-refractivity contribution in [2.75, 3.05) is 17.7 Å². The van der Waals surface area contributed by atoms with E-state index in [-0.39, 0.29) is 29.5 Å². The van der Waals surface area contributed by atoms with Crippen LogP contribution >= 0.6 is 11.8 Å². The first-order valence-corrected chi connectivity index (χ1v) is 11.4. The predicted octanol–water partition coefficient (Wildman–Crippen LogP) is 4.72. The van der Waals surface area contributed by atoms with E-state index in [1.165, 1.54) is 17.8 Å². The van der Waals surface area contributed by atoms with Gasteiger partial charge in [0.1, 0.15) is 5.82 Å². The molecule has 1 aliphatic carbocycles. The van der Waals surface area contributed by atoms with E-state index in [4.69, 9.17) is 4.74 Å². The number of rotatable bonds is 9. The summed E-state index contributed by atoms with van der Waals surface area (Å²) in [4.78, 5) is 24.3. The highest BCUT2D eigenvalue weighted by Crippen LogP contribution is 2.41. The second kappa shape index (κ2) is 9.95. The molecule has 3 aromatic rings. The summed E-state index contributed by atoms with van der Waals surface area (Å²) in [5.41, 5.74) is 1.42. The van der Waals surface area contributed by atoms with Crippen LogP contribution in [0.15, 0.2) is 53.7 Å². The number of esters is 1. The Morgan fingerprint density at radius 1 is 1.16 bits per heavy atom. The molecule has 4 rings (SSSR count). The molecule has 0 bridgehead atoms. The maximum absolute atomic E-state index is 14.3. The van der Waals surface area contributed by atoms with Crippen molar-refractivity contribution in [3.8, 4) is 11.4 Å². The maximum Gasteiger partial charge on any atom is 0.338 e. The Kier molecular flexibility index (Phi) is 6.84. The van der Waals surface area contributed by atoms with Gasteiger partial charge in [0.15, 0.2) is 11.0 Å². The van der Waals surface area contributed by atoms with Crippen LogP contribution in [-0.2, 0) is 9.53 Å². The Labute approximate surface area is 189 Å². The van der Waals surface area contributed by atoms with Crippen LogP contribution in [0.25, 0.3) is 11.4 Å². The molecule has 1 saturated carbocycles. The number of amides is 1. The molecule has 9 heteroatoms. The molecule has 1 amide bonds. The zero-order valence-corrected chi connectivity index (χ0v) is 18.4. The van der Waals surface area contributed by atoms with Gasteiger partial charge in [0.2, 0.25) is 5.91 Å². The summed E-state index contributed by atoms with van der Waals surface area (Å²) in [5.74, 6) is -0.334. The molecular weight excluding hydrogens is 431 g/mol. The van der Waals surface area contributed by atoms with Gasteiger partial charge in [-0.1, -0.05) is 30.8 Å². The molecule has 2 aromatic carbocycles. The Balaban J connectivity index is 1.38. The van der Waals surface area contributed by atoms with Crippen LogP contribution in [0.5, 0.6) is 0 Å². The van der Waals surface area contributed by atoms with Crippen molar-refractivity contribution < 1.29 is 18.7 Å². The average Bonchev–Trinajstić information content (AvgIpc) is 3.56. The van der Waals surface area contributed by atoms with Gasteiger partial charge < -0.3 is 10.1 Å². The summed E-state index contributed by atoms with van der Waals surface area (Å²) < 4.78 is 21.3. The minimum Gasteiger partial charge on any atom is -0.462 e. The van der Waals surface area contributed by atoms with Crippen LogP contribution in [0.3, 0.4) is 0 Å². The Morgan fingerprint density at radius 3 is 2.59 bits per heavy atom. The number of ether oxygens (including phenoxy) is 1. The third-order valence-corrected chi connectivity index (χ3v) is 5.81. The number of nitrogens with one attached hydrogen (secondary N) is 1. The van der Waals surface area contributed by atoms with E-state index >= 15 is 0 Å². The summed E-state index contributed by atoms with van der Waals surface area (Å²) in [5, 5.41) is 11.8. The highest BCUT2D eigenvalue weighted by atomic mass is 32.2. The maximum atomic E-state index is 14.3. The van der Waals surface area contributed by atoms with E-state index in [2.05, 4.69) is 15.5 Å². The van der Waals surface area contributed by atoms with E-state index < -0.39 is 0 Å². The van der Waals surface area contributed by atoms with Crippen LogP contribution in [0.1, 0.15) is 42.6 Å². The molecule has 0 unspecified atom stereocenters. The molecule has 32 heavy (non-hydrogen) atoms. The second-order valence-corrected chi connectivity index (χ2v) is 8.38. The number of thioether (sulfide) groups is 1. The van der Waals surface area contributed by atoms with Crippen LogP contribution < -0.4 is 5.32 Å². The average molecular weight is 455 g/mol. The molecule has 0 aliphatic heterocycles. The molecule has 0 radical (unpaired) electrons. The fourth-order valence-electron chi connectivity index (χ4n) is 3.16. The van der Waals surface area contributed by atoms with Crippen molar-refractivity contribution in [1.29, 1.82) is 0 Å². The largest absolute Gasteiger partial charge is 0.462 e. The number of anilines is 1. The molecule has 1 fully saturated rings. The van der Waals surface area contributed by atoms with E-state index in [1.54, 1.807) is 42.5 Å². The summed E-state index contributed by atoms with van der Waals surface area (Å²) in [7, 11) is 0. The van der Waals surface area contributed by atoms with Crippen molar-refractivity contribution in [2.45, 2.75) is 37.4 Å². The third kappa shape index (κ3) is 5.16. The molecule has 1 aliphatic rings. The fourth-order valence-corrected chi connectivity index (χ4v) is 3.96. The van der Waals surface area contributed by atoms with Gasteiger partial charge in [-0.15, -0.1) is 10.2 Å². The molecular formula is C23H23FN4O3S. The minimum absolute atomic E-state index is 0.127. The van der Waals surface area contributed by atoms with E-state index in [1.807, 2.05) is 11.5 Å². The van der Waals surface area contributed by atoms with Crippen LogP contribution in [0.4, 0.5) is 10.1 Å². The summed E-state index contributed by atoms with van der Waals surface area (Å²) in [6.45, 7) is 2.30. The summed E-state index contributed by atoms with van der Waals surface area (Å²) >= 11 is 1.26. The highest BCUT2D eigenvalue weighted by Gasteiger charge is 2.31. The van der Waals surface area contributed by atoms with Gasteiger partial charge in [0.25, 0.3) is 0 Å². The lowest BCUT2D eigenvalue weighted by molar-refractivity contribution is -0.113.